The first-order valence-electron chi connectivity index (χ1n) is 10.1. The number of rotatable bonds is 11. The Morgan fingerprint density at radius 1 is 1.04 bits per heavy atom. The van der Waals surface area contributed by atoms with Crippen LogP contribution in [0.4, 0.5) is 0 Å². The van der Waals surface area contributed by atoms with Gasteiger partial charge in [-0.2, -0.15) is 0 Å². The molecule has 28 heavy (non-hydrogen) atoms. The number of nitrogens with zero attached hydrogens (tertiary/aromatic N) is 1. The molecule has 0 bridgehead atoms. The molecule has 0 spiro atoms. The fraction of sp³-hybridized carbons (Fsp3) is 0.435. The minimum atomic E-state index is 0.283. The molecule has 2 aromatic rings. The molecular formula is C23H30N2O3. The first-order valence-corrected chi connectivity index (χ1v) is 10.1. The van der Waals surface area contributed by atoms with Gasteiger partial charge in [0.25, 0.3) is 0 Å². The Hall–Kier alpha value is -2.53. The Morgan fingerprint density at radius 2 is 1.82 bits per heavy atom. The van der Waals surface area contributed by atoms with E-state index < -0.39 is 0 Å². The molecule has 2 aromatic carbocycles. The molecule has 0 aromatic heterocycles. The van der Waals surface area contributed by atoms with Crippen LogP contribution in [0.25, 0.3) is 0 Å². The summed E-state index contributed by atoms with van der Waals surface area (Å²) in [5, 5.41) is 3.43. The van der Waals surface area contributed by atoms with E-state index in [4.69, 9.17) is 9.47 Å². The van der Waals surface area contributed by atoms with Crippen molar-refractivity contribution in [2.45, 2.75) is 31.7 Å². The second kappa shape index (κ2) is 10.7. The SMILES string of the molecule is COc1ccc(CCN2C(=O)CC[C@H]2CCNCCOc2ccccc2)cc1. The monoisotopic (exact) mass is 382 g/mol. The third kappa shape index (κ3) is 5.99. The molecular weight excluding hydrogens is 352 g/mol. The number of nitrogens with one attached hydrogen (secondary N) is 1. The van der Waals surface area contributed by atoms with Gasteiger partial charge >= 0.3 is 0 Å². The van der Waals surface area contributed by atoms with E-state index in [1.165, 1.54) is 5.56 Å². The number of methoxy groups -OCH3 is 1. The Kier molecular flexibility index (Phi) is 7.73. The van der Waals surface area contributed by atoms with Gasteiger partial charge in [-0.05, 0) is 55.6 Å². The molecule has 1 atom stereocenters. The van der Waals surface area contributed by atoms with Crippen molar-refractivity contribution in [3.05, 3.63) is 60.2 Å². The number of ether oxygens (including phenoxy) is 2. The lowest BCUT2D eigenvalue weighted by Gasteiger charge is -2.25. The predicted octanol–water partition coefficient (Wildman–Crippen LogP) is 3.29. The molecule has 1 heterocycles. The quantitative estimate of drug-likeness (QED) is 0.606. The fourth-order valence-corrected chi connectivity index (χ4v) is 3.59. The van der Waals surface area contributed by atoms with Gasteiger partial charge in [0.05, 0.1) is 7.11 Å². The van der Waals surface area contributed by atoms with E-state index in [9.17, 15) is 4.79 Å². The van der Waals surface area contributed by atoms with Crippen LogP contribution in [0.5, 0.6) is 11.5 Å². The van der Waals surface area contributed by atoms with Crippen LogP contribution in [0, 0.1) is 0 Å². The van der Waals surface area contributed by atoms with Gasteiger partial charge in [-0.15, -0.1) is 0 Å². The Labute approximate surface area is 167 Å². The van der Waals surface area contributed by atoms with Crippen molar-refractivity contribution in [3.8, 4) is 11.5 Å². The van der Waals surface area contributed by atoms with E-state index in [1.807, 2.05) is 42.5 Å². The van der Waals surface area contributed by atoms with E-state index in [0.717, 1.165) is 50.4 Å². The number of carbonyl (C=O) groups is 1. The van der Waals surface area contributed by atoms with Crippen LogP contribution >= 0.6 is 0 Å². The fourth-order valence-electron chi connectivity index (χ4n) is 3.59. The average Bonchev–Trinajstić information content (AvgIpc) is 3.09. The van der Waals surface area contributed by atoms with Gasteiger partial charge in [-0.25, -0.2) is 0 Å². The van der Waals surface area contributed by atoms with Crippen molar-refractivity contribution in [2.24, 2.45) is 0 Å². The van der Waals surface area contributed by atoms with Crippen LogP contribution in [0.3, 0.4) is 0 Å². The molecule has 1 saturated heterocycles. The smallest absolute Gasteiger partial charge is 0.222 e. The number of para-hydroxylation sites is 1. The maximum Gasteiger partial charge on any atom is 0.222 e. The van der Waals surface area contributed by atoms with Crippen LogP contribution < -0.4 is 14.8 Å². The van der Waals surface area contributed by atoms with Crippen molar-refractivity contribution in [3.63, 3.8) is 0 Å². The molecule has 0 saturated carbocycles. The van der Waals surface area contributed by atoms with Crippen molar-refractivity contribution in [1.82, 2.24) is 10.2 Å². The number of likely N-dealkylation sites (tertiary alicyclic amines) is 1. The van der Waals surface area contributed by atoms with Crippen molar-refractivity contribution < 1.29 is 14.3 Å². The summed E-state index contributed by atoms with van der Waals surface area (Å²) in [5.41, 5.74) is 1.23. The molecule has 0 radical (unpaired) electrons. The van der Waals surface area contributed by atoms with Crippen LogP contribution in [-0.2, 0) is 11.2 Å². The minimum absolute atomic E-state index is 0.283. The summed E-state index contributed by atoms with van der Waals surface area (Å²) in [6.07, 6.45) is 3.50. The van der Waals surface area contributed by atoms with E-state index in [0.29, 0.717) is 19.1 Å². The third-order valence-corrected chi connectivity index (χ3v) is 5.20. The molecule has 1 aliphatic heterocycles. The number of hydrogen-bond donors (Lipinski definition) is 1. The second-order valence-electron chi connectivity index (χ2n) is 7.08. The molecule has 3 rings (SSSR count). The summed E-state index contributed by atoms with van der Waals surface area (Å²) in [5.74, 6) is 2.04. The first-order chi connectivity index (χ1) is 13.8. The Balaban J connectivity index is 1.35. The summed E-state index contributed by atoms with van der Waals surface area (Å²) in [6, 6.07) is 18.3. The van der Waals surface area contributed by atoms with Crippen LogP contribution in [0.2, 0.25) is 0 Å². The van der Waals surface area contributed by atoms with Gasteiger partial charge in [0.2, 0.25) is 5.91 Å². The zero-order chi connectivity index (χ0) is 19.6. The minimum Gasteiger partial charge on any atom is -0.497 e. The lowest BCUT2D eigenvalue weighted by atomic mass is 10.1. The standard InChI is InChI=1S/C23H30N2O3/c1-27-21-10-7-19(8-11-21)14-17-25-20(9-12-23(25)26)13-15-24-16-18-28-22-5-3-2-4-6-22/h2-8,10-11,20,24H,9,12-18H2,1H3/t20-/m0/s1. The lowest BCUT2D eigenvalue weighted by Crippen LogP contribution is -2.37. The largest absolute Gasteiger partial charge is 0.497 e. The summed E-state index contributed by atoms with van der Waals surface area (Å²) < 4.78 is 10.9. The summed E-state index contributed by atoms with van der Waals surface area (Å²) in [6.45, 7) is 3.14. The van der Waals surface area contributed by atoms with Crippen molar-refractivity contribution in [2.75, 3.05) is 33.4 Å². The highest BCUT2D eigenvalue weighted by Gasteiger charge is 2.29. The average molecular weight is 383 g/mol. The van der Waals surface area contributed by atoms with E-state index >= 15 is 0 Å². The maximum atomic E-state index is 12.3. The van der Waals surface area contributed by atoms with Gasteiger partial charge in [-0.1, -0.05) is 30.3 Å². The zero-order valence-electron chi connectivity index (χ0n) is 16.6. The molecule has 1 amide bonds. The molecule has 150 valence electrons. The molecule has 1 aliphatic rings. The molecule has 5 nitrogen and oxygen atoms in total. The highest BCUT2D eigenvalue weighted by Crippen LogP contribution is 2.22. The zero-order valence-corrected chi connectivity index (χ0v) is 16.6. The summed E-state index contributed by atoms with van der Waals surface area (Å²) in [7, 11) is 1.67. The van der Waals surface area contributed by atoms with Crippen molar-refractivity contribution in [1.29, 1.82) is 0 Å². The first kappa shape index (κ1) is 20.2. The molecule has 0 aliphatic carbocycles. The lowest BCUT2D eigenvalue weighted by molar-refractivity contribution is -0.129. The number of hydrogen-bond acceptors (Lipinski definition) is 4. The van der Waals surface area contributed by atoms with Crippen molar-refractivity contribution >= 4 is 5.91 Å². The van der Waals surface area contributed by atoms with Crippen LogP contribution in [0.15, 0.2) is 54.6 Å². The number of amides is 1. The van der Waals surface area contributed by atoms with E-state index in [2.05, 4.69) is 22.3 Å². The Morgan fingerprint density at radius 3 is 2.57 bits per heavy atom. The molecule has 1 fully saturated rings. The van der Waals surface area contributed by atoms with Crippen LogP contribution in [-0.4, -0.2) is 50.2 Å². The third-order valence-electron chi connectivity index (χ3n) is 5.20. The number of benzene rings is 2. The van der Waals surface area contributed by atoms with E-state index in [-0.39, 0.29) is 5.91 Å². The highest BCUT2D eigenvalue weighted by molar-refractivity contribution is 5.78. The molecule has 1 N–H and O–H groups in total. The summed E-state index contributed by atoms with van der Waals surface area (Å²) in [4.78, 5) is 14.3. The van der Waals surface area contributed by atoms with Gasteiger partial charge in [0.1, 0.15) is 18.1 Å². The Bertz CT molecular complexity index is 718. The highest BCUT2D eigenvalue weighted by atomic mass is 16.5. The van der Waals surface area contributed by atoms with Gasteiger partial charge < -0.3 is 19.7 Å². The molecule has 5 heteroatoms. The van der Waals surface area contributed by atoms with E-state index in [1.54, 1.807) is 7.11 Å². The summed E-state index contributed by atoms with van der Waals surface area (Å²) >= 11 is 0. The van der Waals surface area contributed by atoms with Gasteiger partial charge in [-0.3, -0.25) is 4.79 Å². The van der Waals surface area contributed by atoms with Gasteiger partial charge in [0.15, 0.2) is 0 Å². The second-order valence-corrected chi connectivity index (χ2v) is 7.08. The van der Waals surface area contributed by atoms with Gasteiger partial charge in [0, 0.05) is 25.6 Å². The predicted molar refractivity (Wildman–Crippen MR) is 111 cm³/mol. The topological polar surface area (TPSA) is 50.8 Å². The maximum absolute atomic E-state index is 12.3. The number of carbonyl (C=O) groups excluding carboxylic acids is 1. The van der Waals surface area contributed by atoms with Crippen LogP contribution in [0.1, 0.15) is 24.8 Å². The molecule has 0 unspecified atom stereocenters. The normalized spacial score (nSPS) is 16.4.